The average molecular weight is 537 g/mol. The van der Waals surface area contributed by atoms with Gasteiger partial charge in [-0.1, -0.05) is 19.1 Å². The second kappa shape index (κ2) is 11.2. The van der Waals surface area contributed by atoms with Crippen LogP contribution in [0.15, 0.2) is 41.7 Å². The molecule has 1 atom stereocenters. The first kappa shape index (κ1) is 23.9. The molecule has 0 saturated carbocycles. The summed E-state index contributed by atoms with van der Waals surface area (Å²) in [5.41, 5.74) is 3.95. The lowest BCUT2D eigenvalue weighted by Gasteiger charge is -2.32. The first-order valence-corrected chi connectivity index (χ1v) is 11.5. The minimum Gasteiger partial charge on any atom is -0.372 e. The Hall–Kier alpha value is -1.77. The molecular formula is C24H37IN6. The molecule has 1 aromatic carbocycles. The fourth-order valence-corrected chi connectivity index (χ4v) is 4.55. The molecule has 2 saturated heterocycles. The maximum Gasteiger partial charge on any atom is 0.194 e. The van der Waals surface area contributed by atoms with Crippen LogP contribution in [0.25, 0.3) is 0 Å². The monoisotopic (exact) mass is 536 g/mol. The number of piperidine rings is 1. The van der Waals surface area contributed by atoms with Gasteiger partial charge in [-0.25, -0.2) is 4.99 Å². The van der Waals surface area contributed by atoms with Gasteiger partial charge in [-0.05, 0) is 55.4 Å². The molecule has 0 spiro atoms. The summed E-state index contributed by atoms with van der Waals surface area (Å²) >= 11 is 0. The van der Waals surface area contributed by atoms with Gasteiger partial charge in [0.1, 0.15) is 0 Å². The van der Waals surface area contributed by atoms with Crippen LogP contribution in [0.4, 0.5) is 5.69 Å². The zero-order valence-corrected chi connectivity index (χ0v) is 21.5. The van der Waals surface area contributed by atoms with Gasteiger partial charge >= 0.3 is 0 Å². The molecule has 2 aromatic rings. The topological polar surface area (TPSA) is 48.7 Å². The van der Waals surface area contributed by atoms with Gasteiger partial charge in [0, 0.05) is 57.6 Å². The fourth-order valence-electron chi connectivity index (χ4n) is 4.55. The number of likely N-dealkylation sites (tertiary alicyclic amines) is 1. The number of aromatic nitrogens is 2. The van der Waals surface area contributed by atoms with Crippen molar-refractivity contribution in [1.82, 2.24) is 20.0 Å². The van der Waals surface area contributed by atoms with Gasteiger partial charge in [0.05, 0.1) is 12.7 Å². The molecule has 6 nitrogen and oxygen atoms in total. The summed E-state index contributed by atoms with van der Waals surface area (Å²) in [6.07, 6.45) is 7.90. The quantitative estimate of drug-likeness (QED) is 0.353. The Bertz CT molecular complexity index is 838. The van der Waals surface area contributed by atoms with E-state index in [1.807, 2.05) is 17.9 Å². The van der Waals surface area contributed by atoms with E-state index in [0.29, 0.717) is 12.5 Å². The Morgan fingerprint density at radius 1 is 1.13 bits per heavy atom. The number of benzene rings is 1. The van der Waals surface area contributed by atoms with E-state index >= 15 is 0 Å². The van der Waals surface area contributed by atoms with Gasteiger partial charge in [-0.3, -0.25) is 4.68 Å². The van der Waals surface area contributed by atoms with Crippen molar-refractivity contribution < 1.29 is 0 Å². The first-order chi connectivity index (χ1) is 14.6. The molecule has 31 heavy (non-hydrogen) atoms. The van der Waals surface area contributed by atoms with E-state index in [1.165, 1.54) is 42.7 Å². The third-order valence-electron chi connectivity index (χ3n) is 6.52. The minimum absolute atomic E-state index is 0. The summed E-state index contributed by atoms with van der Waals surface area (Å²) in [7, 11) is 1.98. The summed E-state index contributed by atoms with van der Waals surface area (Å²) in [6.45, 7) is 10.5. The molecule has 0 amide bonds. The largest absolute Gasteiger partial charge is 0.372 e. The van der Waals surface area contributed by atoms with E-state index in [1.54, 1.807) is 0 Å². The van der Waals surface area contributed by atoms with Crippen molar-refractivity contribution >= 4 is 35.6 Å². The second-order valence-corrected chi connectivity index (χ2v) is 8.89. The lowest BCUT2D eigenvalue weighted by molar-refractivity contribution is 0.438. The SMILES string of the molecule is CCNC(=NCc1ccc(N2CCC(C)CC2)cc1)N1CCC(c2cnn(C)c2)C1.I. The normalized spacial score (nSPS) is 20.1. The highest BCUT2D eigenvalue weighted by Crippen LogP contribution is 2.27. The number of nitrogens with one attached hydrogen (secondary N) is 1. The third kappa shape index (κ3) is 6.14. The van der Waals surface area contributed by atoms with Gasteiger partial charge in [0.15, 0.2) is 5.96 Å². The molecular weight excluding hydrogens is 499 g/mol. The molecule has 2 aliphatic heterocycles. The van der Waals surface area contributed by atoms with Crippen LogP contribution in [0.3, 0.4) is 0 Å². The number of aryl methyl sites for hydroxylation is 1. The van der Waals surface area contributed by atoms with Gasteiger partial charge in [0.25, 0.3) is 0 Å². The van der Waals surface area contributed by atoms with Gasteiger partial charge in [-0.15, -0.1) is 24.0 Å². The summed E-state index contributed by atoms with van der Waals surface area (Å²) in [5.74, 6) is 2.43. The zero-order chi connectivity index (χ0) is 20.9. The molecule has 1 unspecified atom stereocenters. The maximum atomic E-state index is 4.95. The van der Waals surface area contributed by atoms with E-state index in [-0.39, 0.29) is 24.0 Å². The number of nitrogens with zero attached hydrogens (tertiary/aromatic N) is 5. The Kier molecular flexibility index (Phi) is 8.63. The van der Waals surface area contributed by atoms with Crippen molar-refractivity contribution in [3.63, 3.8) is 0 Å². The zero-order valence-electron chi connectivity index (χ0n) is 19.1. The van der Waals surface area contributed by atoms with E-state index in [0.717, 1.165) is 37.9 Å². The molecule has 3 heterocycles. The van der Waals surface area contributed by atoms with Crippen LogP contribution in [0.5, 0.6) is 0 Å². The first-order valence-electron chi connectivity index (χ1n) is 11.5. The molecule has 1 N–H and O–H groups in total. The highest BCUT2D eigenvalue weighted by molar-refractivity contribution is 14.0. The maximum absolute atomic E-state index is 4.95. The molecule has 170 valence electrons. The van der Waals surface area contributed by atoms with Gasteiger partial charge < -0.3 is 15.1 Å². The molecule has 2 fully saturated rings. The summed E-state index contributed by atoms with van der Waals surface area (Å²) < 4.78 is 1.89. The molecule has 0 bridgehead atoms. The average Bonchev–Trinajstić information content (AvgIpc) is 3.41. The van der Waals surface area contributed by atoms with Crippen LogP contribution in [-0.4, -0.2) is 53.4 Å². The van der Waals surface area contributed by atoms with E-state index in [9.17, 15) is 0 Å². The molecule has 7 heteroatoms. The molecule has 0 aliphatic carbocycles. The van der Waals surface area contributed by atoms with Crippen molar-refractivity contribution in [2.75, 3.05) is 37.6 Å². The van der Waals surface area contributed by atoms with E-state index < -0.39 is 0 Å². The van der Waals surface area contributed by atoms with Crippen molar-refractivity contribution in [3.05, 3.63) is 47.8 Å². The highest BCUT2D eigenvalue weighted by atomic mass is 127. The third-order valence-corrected chi connectivity index (χ3v) is 6.52. The molecule has 0 radical (unpaired) electrons. The van der Waals surface area contributed by atoms with Crippen molar-refractivity contribution in [3.8, 4) is 0 Å². The lowest BCUT2D eigenvalue weighted by atomic mass is 9.99. The smallest absolute Gasteiger partial charge is 0.194 e. The van der Waals surface area contributed by atoms with Crippen LogP contribution in [0.1, 0.15) is 50.2 Å². The summed E-state index contributed by atoms with van der Waals surface area (Å²) in [4.78, 5) is 9.86. The number of rotatable bonds is 5. The minimum atomic E-state index is 0. The van der Waals surface area contributed by atoms with Crippen LogP contribution in [0.2, 0.25) is 0 Å². The van der Waals surface area contributed by atoms with Crippen LogP contribution < -0.4 is 10.2 Å². The van der Waals surface area contributed by atoms with Crippen molar-refractivity contribution in [2.45, 2.75) is 45.6 Å². The van der Waals surface area contributed by atoms with Crippen molar-refractivity contribution in [1.29, 1.82) is 0 Å². The molecule has 1 aromatic heterocycles. The number of anilines is 1. The molecule has 2 aliphatic rings. The van der Waals surface area contributed by atoms with Gasteiger partial charge in [0.2, 0.25) is 0 Å². The van der Waals surface area contributed by atoms with E-state index in [4.69, 9.17) is 4.99 Å². The Morgan fingerprint density at radius 2 is 1.87 bits per heavy atom. The summed E-state index contributed by atoms with van der Waals surface area (Å²) in [6, 6.07) is 9.01. The number of hydrogen-bond acceptors (Lipinski definition) is 3. The number of aliphatic imine (C=N–C) groups is 1. The predicted molar refractivity (Wildman–Crippen MR) is 139 cm³/mol. The Labute approximate surface area is 204 Å². The van der Waals surface area contributed by atoms with Gasteiger partial charge in [-0.2, -0.15) is 5.10 Å². The molecule has 4 rings (SSSR count). The number of hydrogen-bond donors (Lipinski definition) is 1. The predicted octanol–water partition coefficient (Wildman–Crippen LogP) is 4.23. The number of guanidine groups is 1. The Morgan fingerprint density at radius 3 is 2.52 bits per heavy atom. The van der Waals surface area contributed by atoms with E-state index in [2.05, 4.69) is 64.5 Å². The van der Waals surface area contributed by atoms with Crippen LogP contribution in [0, 0.1) is 5.92 Å². The number of halogens is 1. The second-order valence-electron chi connectivity index (χ2n) is 8.89. The highest BCUT2D eigenvalue weighted by Gasteiger charge is 2.26. The fraction of sp³-hybridized carbons (Fsp3) is 0.583. The summed E-state index contributed by atoms with van der Waals surface area (Å²) in [5, 5.41) is 7.82. The standard InChI is InChI=1S/C24H36N6.HI/c1-4-25-24(30-14-11-21(18-30)22-16-27-28(3)17-22)26-15-20-5-7-23(8-6-20)29-12-9-19(2)10-13-29;/h5-8,16-17,19,21H,4,9-15,18H2,1-3H3,(H,25,26);1H. The van der Waals surface area contributed by atoms with Crippen LogP contribution >= 0.6 is 24.0 Å². The Balaban J connectivity index is 0.00000272. The van der Waals surface area contributed by atoms with Crippen molar-refractivity contribution in [2.24, 2.45) is 18.0 Å². The lowest BCUT2D eigenvalue weighted by Crippen LogP contribution is -2.40. The van der Waals surface area contributed by atoms with Crippen LogP contribution in [-0.2, 0) is 13.6 Å².